The Bertz CT molecular complexity index is 859. The summed E-state index contributed by atoms with van der Waals surface area (Å²) in [5.41, 5.74) is 2.70. The van der Waals surface area contributed by atoms with Crippen LogP contribution in [-0.4, -0.2) is 18.1 Å². The van der Waals surface area contributed by atoms with E-state index in [4.69, 9.17) is 4.74 Å². The van der Waals surface area contributed by atoms with Crippen LogP contribution >= 0.6 is 0 Å². The van der Waals surface area contributed by atoms with Gasteiger partial charge in [-0.3, -0.25) is 0 Å². The second kappa shape index (κ2) is 6.48. The van der Waals surface area contributed by atoms with Gasteiger partial charge in [0.05, 0.1) is 12.7 Å². The molecule has 3 aromatic rings. The van der Waals surface area contributed by atoms with Crippen LogP contribution in [0.1, 0.15) is 22.8 Å². The number of carbonyl (C=O) groups excluding carboxylic acids is 1. The Morgan fingerprint density at radius 2 is 1.91 bits per heavy atom. The van der Waals surface area contributed by atoms with Gasteiger partial charge in [-0.1, -0.05) is 43.3 Å². The van der Waals surface area contributed by atoms with Gasteiger partial charge in [-0.2, -0.15) is 0 Å². The van der Waals surface area contributed by atoms with Crippen LogP contribution < -0.4 is 5.32 Å². The second-order valence-electron chi connectivity index (χ2n) is 5.24. The van der Waals surface area contributed by atoms with Gasteiger partial charge >= 0.3 is 5.97 Å². The number of carbonyl (C=O) groups is 1. The van der Waals surface area contributed by atoms with Gasteiger partial charge in [0.2, 0.25) is 0 Å². The maximum absolute atomic E-state index is 11.9. The van der Waals surface area contributed by atoms with E-state index < -0.39 is 0 Å². The van der Waals surface area contributed by atoms with E-state index in [0.717, 1.165) is 28.7 Å². The second-order valence-corrected chi connectivity index (χ2v) is 5.24. The number of nitrogens with zero attached hydrogens (tertiary/aromatic N) is 1. The molecule has 4 nitrogen and oxygen atoms in total. The number of esters is 1. The van der Waals surface area contributed by atoms with Gasteiger partial charge in [-0.05, 0) is 24.1 Å². The van der Waals surface area contributed by atoms with Crippen LogP contribution in [0.25, 0.3) is 10.8 Å². The van der Waals surface area contributed by atoms with Crippen LogP contribution in [0.4, 0.5) is 11.5 Å². The molecule has 0 unspecified atom stereocenters. The van der Waals surface area contributed by atoms with Gasteiger partial charge in [-0.25, -0.2) is 9.78 Å². The highest BCUT2D eigenvalue weighted by atomic mass is 16.5. The predicted octanol–water partition coefficient (Wildman–Crippen LogP) is 4.33. The molecule has 0 amide bonds. The monoisotopic (exact) mass is 306 g/mol. The predicted molar refractivity (Wildman–Crippen MR) is 92.2 cm³/mol. The van der Waals surface area contributed by atoms with E-state index in [1.165, 1.54) is 12.7 Å². The number of hydrogen-bond donors (Lipinski definition) is 1. The SMILES string of the molecule is CCc1cccc(Nc2ncc(C(=O)OC)c3ccccc23)c1. The number of methoxy groups -OCH3 is 1. The smallest absolute Gasteiger partial charge is 0.340 e. The number of aromatic nitrogens is 1. The number of hydrogen-bond acceptors (Lipinski definition) is 4. The molecule has 1 aromatic heterocycles. The molecule has 0 bridgehead atoms. The van der Waals surface area contributed by atoms with Gasteiger partial charge in [0.25, 0.3) is 0 Å². The van der Waals surface area contributed by atoms with Crippen LogP contribution in [0.15, 0.2) is 54.7 Å². The van der Waals surface area contributed by atoms with Gasteiger partial charge in [0.1, 0.15) is 5.82 Å². The molecule has 116 valence electrons. The van der Waals surface area contributed by atoms with Crippen LogP contribution in [0.3, 0.4) is 0 Å². The molecule has 0 atom stereocenters. The number of nitrogens with one attached hydrogen (secondary N) is 1. The van der Waals surface area contributed by atoms with E-state index in [9.17, 15) is 4.79 Å². The normalized spacial score (nSPS) is 10.5. The molecule has 4 heteroatoms. The Morgan fingerprint density at radius 1 is 1.13 bits per heavy atom. The summed E-state index contributed by atoms with van der Waals surface area (Å²) in [6.45, 7) is 2.12. The van der Waals surface area contributed by atoms with E-state index in [1.807, 2.05) is 36.4 Å². The fraction of sp³-hybridized carbons (Fsp3) is 0.158. The number of fused-ring (bicyclic) bond motifs is 1. The molecular formula is C19H18N2O2. The van der Waals surface area contributed by atoms with Crippen molar-refractivity contribution in [2.75, 3.05) is 12.4 Å². The third kappa shape index (κ3) is 3.01. The largest absolute Gasteiger partial charge is 0.465 e. The van der Waals surface area contributed by atoms with Gasteiger partial charge in [0, 0.05) is 22.7 Å². The summed E-state index contributed by atoms with van der Waals surface area (Å²) < 4.78 is 4.83. The number of aryl methyl sites for hydroxylation is 1. The summed E-state index contributed by atoms with van der Waals surface area (Å²) in [5, 5.41) is 5.05. The molecule has 1 heterocycles. The minimum Gasteiger partial charge on any atom is -0.465 e. The van der Waals surface area contributed by atoms with Crippen molar-refractivity contribution in [3.05, 3.63) is 65.9 Å². The lowest BCUT2D eigenvalue weighted by Gasteiger charge is -2.12. The zero-order valence-corrected chi connectivity index (χ0v) is 13.2. The van der Waals surface area contributed by atoms with Crippen molar-refractivity contribution in [2.24, 2.45) is 0 Å². The summed E-state index contributed by atoms with van der Waals surface area (Å²) in [4.78, 5) is 16.3. The molecule has 0 aliphatic rings. The summed E-state index contributed by atoms with van der Waals surface area (Å²) in [7, 11) is 1.37. The van der Waals surface area contributed by atoms with Gasteiger partial charge < -0.3 is 10.1 Å². The molecule has 0 aliphatic carbocycles. The van der Waals surface area contributed by atoms with E-state index >= 15 is 0 Å². The van der Waals surface area contributed by atoms with Crippen molar-refractivity contribution in [3.63, 3.8) is 0 Å². The number of benzene rings is 2. The third-order valence-electron chi connectivity index (χ3n) is 3.80. The van der Waals surface area contributed by atoms with E-state index in [-0.39, 0.29) is 5.97 Å². The fourth-order valence-corrected chi connectivity index (χ4v) is 2.57. The highest BCUT2D eigenvalue weighted by Gasteiger charge is 2.13. The molecule has 2 aromatic carbocycles. The molecule has 3 rings (SSSR count). The first-order chi connectivity index (χ1) is 11.2. The van der Waals surface area contributed by atoms with Crippen molar-refractivity contribution < 1.29 is 9.53 Å². The quantitative estimate of drug-likeness (QED) is 0.729. The molecule has 0 aliphatic heterocycles. The topological polar surface area (TPSA) is 51.2 Å². The maximum atomic E-state index is 11.9. The number of ether oxygens (including phenoxy) is 1. The highest BCUT2D eigenvalue weighted by molar-refractivity contribution is 6.07. The van der Waals surface area contributed by atoms with Crippen LogP contribution in [0, 0.1) is 0 Å². The zero-order chi connectivity index (χ0) is 16.2. The lowest BCUT2D eigenvalue weighted by Crippen LogP contribution is -2.05. The van der Waals surface area contributed by atoms with E-state index in [0.29, 0.717) is 5.56 Å². The van der Waals surface area contributed by atoms with E-state index in [1.54, 1.807) is 6.20 Å². The zero-order valence-electron chi connectivity index (χ0n) is 13.2. The van der Waals surface area contributed by atoms with Crippen molar-refractivity contribution in [1.29, 1.82) is 0 Å². The molecular weight excluding hydrogens is 288 g/mol. The van der Waals surface area contributed by atoms with Gasteiger partial charge in [0.15, 0.2) is 0 Å². The first-order valence-corrected chi connectivity index (χ1v) is 7.55. The fourth-order valence-electron chi connectivity index (χ4n) is 2.57. The lowest BCUT2D eigenvalue weighted by molar-refractivity contribution is 0.0602. The average Bonchev–Trinajstić information content (AvgIpc) is 2.61. The van der Waals surface area contributed by atoms with Crippen molar-refractivity contribution in [3.8, 4) is 0 Å². The average molecular weight is 306 g/mol. The summed E-state index contributed by atoms with van der Waals surface area (Å²) in [6.07, 6.45) is 2.53. The number of rotatable bonds is 4. The molecule has 1 N–H and O–H groups in total. The van der Waals surface area contributed by atoms with Crippen molar-refractivity contribution >= 4 is 28.2 Å². The first kappa shape index (κ1) is 15.0. The highest BCUT2D eigenvalue weighted by Crippen LogP contribution is 2.27. The summed E-state index contributed by atoms with van der Waals surface area (Å²) >= 11 is 0. The standard InChI is InChI=1S/C19H18N2O2/c1-3-13-7-6-8-14(11-13)21-18-16-10-5-4-9-15(16)17(12-20-18)19(22)23-2/h4-12H,3H2,1-2H3,(H,20,21). The van der Waals surface area contributed by atoms with Crippen molar-refractivity contribution in [1.82, 2.24) is 4.98 Å². The molecule has 0 fully saturated rings. The molecule has 23 heavy (non-hydrogen) atoms. The number of pyridine rings is 1. The minimum absolute atomic E-state index is 0.381. The molecule has 0 saturated heterocycles. The van der Waals surface area contributed by atoms with Crippen LogP contribution in [-0.2, 0) is 11.2 Å². The molecule has 0 saturated carbocycles. The number of anilines is 2. The van der Waals surface area contributed by atoms with Crippen LogP contribution in [0.5, 0.6) is 0 Å². The Labute approximate surface area is 135 Å². The summed E-state index contributed by atoms with van der Waals surface area (Å²) in [5.74, 6) is 0.342. The maximum Gasteiger partial charge on any atom is 0.340 e. The lowest BCUT2D eigenvalue weighted by atomic mass is 10.1. The van der Waals surface area contributed by atoms with E-state index in [2.05, 4.69) is 29.4 Å². The third-order valence-corrected chi connectivity index (χ3v) is 3.80. The summed E-state index contributed by atoms with van der Waals surface area (Å²) in [6, 6.07) is 15.9. The minimum atomic E-state index is -0.381. The first-order valence-electron chi connectivity index (χ1n) is 7.55. The Kier molecular flexibility index (Phi) is 4.24. The molecule has 0 radical (unpaired) electrons. The van der Waals surface area contributed by atoms with Crippen molar-refractivity contribution in [2.45, 2.75) is 13.3 Å². The Hall–Kier alpha value is -2.88. The van der Waals surface area contributed by atoms with Gasteiger partial charge in [-0.15, -0.1) is 0 Å². The Balaban J connectivity index is 2.06. The van der Waals surface area contributed by atoms with Crippen LogP contribution in [0.2, 0.25) is 0 Å². The molecule has 0 spiro atoms. The Morgan fingerprint density at radius 3 is 2.65 bits per heavy atom.